The first-order chi connectivity index (χ1) is 8.18. The Morgan fingerprint density at radius 2 is 1.24 bits per heavy atom. The van der Waals surface area contributed by atoms with Crippen molar-refractivity contribution >= 4 is 0 Å². The van der Waals surface area contributed by atoms with E-state index in [-0.39, 0.29) is 92.3 Å². The molecule has 1 aromatic heterocycles. The summed E-state index contributed by atoms with van der Waals surface area (Å²) in [5.41, 5.74) is 3.50. The second-order valence-corrected chi connectivity index (χ2v) is 3.41. The molecular weight excluding hydrogens is 729 g/mol. The van der Waals surface area contributed by atoms with E-state index in [4.69, 9.17) is 0 Å². The molecule has 0 aliphatic carbocycles. The molecular formula is C17H24NUWY-3. The van der Waals surface area contributed by atoms with Crippen LogP contribution in [0.5, 0.6) is 0 Å². The number of hydrogen-bond acceptors (Lipinski definition) is 1. The molecule has 0 unspecified atom stereocenters. The van der Waals surface area contributed by atoms with Crippen molar-refractivity contribution in [3.05, 3.63) is 72.9 Å². The summed E-state index contributed by atoms with van der Waals surface area (Å²) < 4.78 is 0. The molecule has 4 heteroatoms. The van der Waals surface area contributed by atoms with E-state index in [9.17, 15) is 0 Å². The van der Waals surface area contributed by atoms with Gasteiger partial charge in [0.1, 0.15) is 0 Å². The largest absolute Gasteiger partial charge is 0.358 e. The number of aromatic nitrogens is 1. The third kappa shape index (κ3) is 21.2. The van der Waals surface area contributed by atoms with Crippen molar-refractivity contribution in [2.24, 2.45) is 0 Å². The van der Waals surface area contributed by atoms with Crippen LogP contribution in [-0.4, -0.2) is 4.98 Å². The molecule has 2 rings (SSSR count). The van der Waals surface area contributed by atoms with E-state index in [1.165, 1.54) is 11.1 Å². The zero-order valence-electron chi connectivity index (χ0n) is 13.9. The normalized spacial score (nSPS) is 6.71. The van der Waals surface area contributed by atoms with Crippen LogP contribution >= 0.6 is 0 Å². The zero-order chi connectivity index (χ0) is 13.1. The van der Waals surface area contributed by atoms with Crippen LogP contribution in [0.4, 0.5) is 0 Å². The van der Waals surface area contributed by atoms with Crippen LogP contribution in [0.1, 0.15) is 30.5 Å². The van der Waals surface area contributed by atoms with Crippen molar-refractivity contribution < 1.29 is 84.9 Å². The van der Waals surface area contributed by atoms with Gasteiger partial charge in [-0.05, 0) is 12.1 Å². The average Bonchev–Trinajstić information content (AvgIpc) is 2.33. The predicted octanol–water partition coefficient (Wildman–Crippen LogP) is 4.77. The maximum Gasteiger partial charge on any atom is 0.0267 e. The van der Waals surface area contributed by atoms with E-state index in [0.29, 0.717) is 0 Å². The molecule has 1 heterocycles. The average molecular weight is 753 g/mol. The maximum atomic E-state index is 3.78. The summed E-state index contributed by atoms with van der Waals surface area (Å²) in [4.78, 5) is 3.78. The Morgan fingerprint density at radius 3 is 1.43 bits per heavy atom. The van der Waals surface area contributed by atoms with Crippen molar-refractivity contribution in [1.82, 2.24) is 4.98 Å². The van der Waals surface area contributed by atoms with E-state index < -0.39 is 0 Å². The summed E-state index contributed by atoms with van der Waals surface area (Å²) in [6.45, 7) is 10.1. The Kier molecular flexibility index (Phi) is 37.7. The van der Waals surface area contributed by atoms with Crippen LogP contribution in [0.25, 0.3) is 0 Å². The van der Waals surface area contributed by atoms with Crippen molar-refractivity contribution in [1.29, 1.82) is 0 Å². The molecule has 0 amide bonds. The molecule has 1 nitrogen and oxygen atoms in total. The zero-order valence-corrected chi connectivity index (χ0v) is 23.8. The molecule has 113 valence electrons. The van der Waals surface area contributed by atoms with Gasteiger partial charge in [-0.3, -0.25) is 27.7 Å². The van der Waals surface area contributed by atoms with Crippen LogP contribution in [0, 0.1) is 71.4 Å². The molecule has 0 aliphatic rings. The smallest absolute Gasteiger partial charge is 0.0267 e. The van der Waals surface area contributed by atoms with Crippen molar-refractivity contribution in [2.75, 3.05) is 0 Å². The second kappa shape index (κ2) is 23.5. The first kappa shape index (κ1) is 33.7. The van der Waals surface area contributed by atoms with E-state index in [2.05, 4.69) is 23.2 Å². The van der Waals surface area contributed by atoms with Gasteiger partial charge in [0.25, 0.3) is 0 Å². The fourth-order valence-electron chi connectivity index (χ4n) is 1.33. The van der Waals surface area contributed by atoms with Gasteiger partial charge in [0.15, 0.2) is 0 Å². The van der Waals surface area contributed by atoms with Gasteiger partial charge < -0.3 is 19.6 Å². The molecule has 21 heavy (non-hydrogen) atoms. The third-order valence-corrected chi connectivity index (χ3v) is 1.77. The Bertz CT molecular complexity index is 334. The first-order valence-electron chi connectivity index (χ1n) is 5.93. The summed E-state index contributed by atoms with van der Waals surface area (Å²) in [5.74, 6) is 0. The number of aryl methyl sites for hydroxylation is 3. The van der Waals surface area contributed by atoms with Gasteiger partial charge in [-0.2, -0.15) is 0 Å². The van der Waals surface area contributed by atoms with Gasteiger partial charge in [-0.1, -0.05) is 40.7 Å². The third-order valence-electron chi connectivity index (χ3n) is 1.77. The van der Waals surface area contributed by atoms with Crippen molar-refractivity contribution in [2.45, 2.75) is 34.6 Å². The Balaban J connectivity index is -0.0000000641. The minimum atomic E-state index is 0. The fraction of sp³-hybridized carbons (Fsp3) is 0.294. The molecule has 0 aliphatic heterocycles. The maximum absolute atomic E-state index is 3.78. The summed E-state index contributed by atoms with van der Waals surface area (Å²) in [6, 6.07) is 14.1. The molecule has 0 saturated heterocycles. The van der Waals surface area contributed by atoms with Crippen LogP contribution < -0.4 is 0 Å². The summed E-state index contributed by atoms with van der Waals surface area (Å²) in [5, 5.41) is 0. The number of nitrogens with zero attached hydrogens (tertiary/aromatic N) is 1. The quantitative estimate of drug-likeness (QED) is 0.354. The van der Waals surface area contributed by atoms with E-state index in [0.717, 1.165) is 5.56 Å². The van der Waals surface area contributed by atoms with Gasteiger partial charge in [-0.25, -0.2) is 0 Å². The van der Waals surface area contributed by atoms with Crippen molar-refractivity contribution in [3.63, 3.8) is 0 Å². The van der Waals surface area contributed by atoms with Crippen molar-refractivity contribution in [3.8, 4) is 0 Å². The molecule has 2 aromatic rings. The topological polar surface area (TPSA) is 12.9 Å². The van der Waals surface area contributed by atoms with E-state index in [1.807, 2.05) is 52.8 Å². The summed E-state index contributed by atoms with van der Waals surface area (Å²) >= 11 is 0. The standard InChI is InChI=1S/C9H10.C5H5N.C2H6.CH3.U.W.Y/c1-7-4-8(2)6-9(3)5-7;1-2-4-6-5-3-1;1-2;;;;/h4H,1-3H3;1-5H;1-2H3;1H3;;;/q-2;;;-1;;;. The summed E-state index contributed by atoms with van der Waals surface area (Å²) in [6.07, 6.45) is 3.50. The molecule has 1 aromatic carbocycles. The number of rotatable bonds is 0. The number of pyridine rings is 1. The van der Waals surface area contributed by atoms with Crippen LogP contribution in [-0.2, 0) is 53.8 Å². The number of benzene rings is 1. The molecule has 1 radical (unpaired) electrons. The molecule has 0 N–H and O–H groups in total. The van der Waals surface area contributed by atoms with Gasteiger partial charge >= 0.3 is 0 Å². The minimum absolute atomic E-state index is 0. The van der Waals surface area contributed by atoms with Crippen LogP contribution in [0.15, 0.2) is 36.7 Å². The Hall–Kier alpha value is 1.21. The van der Waals surface area contributed by atoms with Crippen LogP contribution in [0.3, 0.4) is 0 Å². The summed E-state index contributed by atoms with van der Waals surface area (Å²) in [7, 11) is 0. The molecule has 0 fully saturated rings. The van der Waals surface area contributed by atoms with Gasteiger partial charge in [0, 0.05) is 97.3 Å². The first-order valence-corrected chi connectivity index (χ1v) is 5.93. The molecule has 0 bridgehead atoms. The Morgan fingerprint density at radius 1 is 0.857 bits per heavy atom. The molecule has 0 atom stereocenters. The van der Waals surface area contributed by atoms with E-state index in [1.54, 1.807) is 12.4 Å². The number of hydrogen-bond donors (Lipinski definition) is 0. The Labute approximate surface area is 195 Å². The fourth-order valence-corrected chi connectivity index (χ4v) is 1.33. The minimum Gasteiger partial charge on any atom is -0.358 e. The van der Waals surface area contributed by atoms with Gasteiger partial charge in [0.05, 0.1) is 0 Å². The molecule has 0 spiro atoms. The predicted molar refractivity (Wildman–Crippen MR) is 80.3 cm³/mol. The van der Waals surface area contributed by atoms with E-state index >= 15 is 0 Å². The second-order valence-electron chi connectivity index (χ2n) is 3.41. The monoisotopic (exact) mass is 753 g/mol. The van der Waals surface area contributed by atoms with Crippen LogP contribution in [0.2, 0.25) is 0 Å². The van der Waals surface area contributed by atoms with Gasteiger partial charge in [-0.15, -0.1) is 0 Å². The SMILES string of the molecule is CC.Cc1[c-]c(C)cc(C)[c-]1.[CH3-].[U].[W].[Y].c1ccncc1. The molecule has 0 saturated carbocycles. The van der Waals surface area contributed by atoms with Gasteiger partial charge in [0.2, 0.25) is 0 Å².